The normalized spacial score (nSPS) is 24.4. The van der Waals surface area contributed by atoms with E-state index >= 15 is 0 Å². The van der Waals surface area contributed by atoms with Crippen LogP contribution in [0.2, 0.25) is 0 Å². The summed E-state index contributed by atoms with van der Waals surface area (Å²) >= 11 is 0. The Morgan fingerprint density at radius 3 is 2.44 bits per heavy atom. The van der Waals surface area contributed by atoms with Gasteiger partial charge < -0.3 is 35.2 Å². The van der Waals surface area contributed by atoms with E-state index in [4.69, 9.17) is 9.47 Å². The van der Waals surface area contributed by atoms with Gasteiger partial charge in [0.15, 0.2) is 0 Å². The molecule has 2 aliphatic heterocycles. The Bertz CT molecular complexity index is 2060. The molecule has 5 N–H and O–H groups in total. The van der Waals surface area contributed by atoms with Crippen LogP contribution in [-0.2, 0) is 22.6 Å². The standard InChI is InChI=1S/C44H48N4O7/c1-54-38-23-31(21-30-26-48(43(52)41(30)38)37-15-16-39(50)47-42(37)51)46-20-19-45-18-17-44(53)24-34(25-44)55-33-11-7-28(8-12-33)40-35(27-5-3-2-4-6-27)13-9-29-22-32(49)10-14-36(29)40/h2-8,10-12,14,21-23,34-35,37,40,45-46,49,53H,9,13,15-20,24-26H2,1H3,(H,47,50,51)/t34?,35-,37?,40+,44?/m1/s1. The highest BCUT2D eigenvalue weighted by Gasteiger charge is 2.44. The van der Waals surface area contributed by atoms with Gasteiger partial charge in [0.25, 0.3) is 5.91 Å². The maximum Gasteiger partial charge on any atom is 0.258 e. The highest BCUT2D eigenvalue weighted by Crippen LogP contribution is 2.47. The third-order valence-corrected chi connectivity index (χ3v) is 11.8. The van der Waals surface area contributed by atoms with Crippen molar-refractivity contribution in [1.82, 2.24) is 15.5 Å². The summed E-state index contributed by atoms with van der Waals surface area (Å²) in [6, 6.07) is 27.9. The maximum atomic E-state index is 13.2. The number of nitrogens with one attached hydrogen (secondary N) is 3. The van der Waals surface area contributed by atoms with Crippen molar-refractivity contribution in [3.8, 4) is 17.2 Å². The Labute approximate surface area is 321 Å². The lowest BCUT2D eigenvalue weighted by Crippen LogP contribution is -2.52. The molecule has 0 radical (unpaired) electrons. The zero-order valence-corrected chi connectivity index (χ0v) is 31.1. The molecule has 2 fully saturated rings. The molecule has 8 rings (SSSR count). The molecule has 1 saturated carbocycles. The number of hydrogen-bond donors (Lipinski definition) is 5. The molecule has 4 aromatic rings. The topological polar surface area (TPSA) is 149 Å². The van der Waals surface area contributed by atoms with Gasteiger partial charge in [-0.15, -0.1) is 0 Å². The fourth-order valence-electron chi connectivity index (χ4n) is 8.97. The minimum absolute atomic E-state index is 0.0412. The van der Waals surface area contributed by atoms with Crippen LogP contribution in [0.15, 0.2) is 84.9 Å². The lowest BCUT2D eigenvalue weighted by atomic mass is 9.69. The van der Waals surface area contributed by atoms with Gasteiger partial charge in [0.05, 0.1) is 18.3 Å². The Kier molecular flexibility index (Phi) is 10.2. The van der Waals surface area contributed by atoms with E-state index in [1.54, 1.807) is 12.1 Å². The number of aryl methyl sites for hydroxylation is 1. The molecular formula is C44H48N4O7. The Morgan fingerprint density at radius 1 is 0.873 bits per heavy atom. The Hall–Kier alpha value is -5.39. The first-order valence-electron chi connectivity index (χ1n) is 19.3. The maximum absolute atomic E-state index is 13.2. The van der Waals surface area contributed by atoms with Gasteiger partial charge in [-0.25, -0.2) is 0 Å². The third kappa shape index (κ3) is 7.63. The fourth-order valence-corrected chi connectivity index (χ4v) is 8.97. The number of anilines is 1. The first-order chi connectivity index (χ1) is 26.7. The van der Waals surface area contributed by atoms with E-state index in [1.165, 1.54) is 34.3 Å². The summed E-state index contributed by atoms with van der Waals surface area (Å²) in [6.45, 7) is 2.22. The van der Waals surface area contributed by atoms with Crippen LogP contribution >= 0.6 is 0 Å². The molecule has 3 atom stereocenters. The number of imide groups is 1. The molecule has 0 spiro atoms. The van der Waals surface area contributed by atoms with Gasteiger partial charge in [-0.1, -0.05) is 48.5 Å². The highest BCUT2D eigenvalue weighted by molar-refractivity contribution is 6.06. The van der Waals surface area contributed by atoms with E-state index in [2.05, 4.69) is 64.5 Å². The van der Waals surface area contributed by atoms with E-state index in [-0.39, 0.29) is 36.8 Å². The molecule has 0 aromatic heterocycles. The van der Waals surface area contributed by atoms with Crippen molar-refractivity contribution in [2.75, 3.05) is 32.1 Å². The first-order valence-corrected chi connectivity index (χ1v) is 19.3. The van der Waals surface area contributed by atoms with Crippen LogP contribution in [0.5, 0.6) is 17.2 Å². The number of methoxy groups -OCH3 is 1. The fraction of sp³-hybridized carbons (Fsp3) is 0.386. The van der Waals surface area contributed by atoms with E-state index < -0.39 is 17.6 Å². The van der Waals surface area contributed by atoms with Gasteiger partial charge in [-0.3, -0.25) is 19.7 Å². The summed E-state index contributed by atoms with van der Waals surface area (Å²) in [5.41, 5.74) is 6.29. The van der Waals surface area contributed by atoms with Gasteiger partial charge in [-0.05, 0) is 96.3 Å². The molecule has 2 aliphatic carbocycles. The monoisotopic (exact) mass is 744 g/mol. The van der Waals surface area contributed by atoms with Crippen LogP contribution in [0.4, 0.5) is 5.69 Å². The van der Waals surface area contributed by atoms with Crippen LogP contribution < -0.4 is 25.4 Å². The number of rotatable bonds is 13. The van der Waals surface area contributed by atoms with E-state index in [0.717, 1.165) is 29.8 Å². The van der Waals surface area contributed by atoms with Crippen molar-refractivity contribution in [1.29, 1.82) is 0 Å². The second-order valence-corrected chi connectivity index (χ2v) is 15.4. The van der Waals surface area contributed by atoms with Crippen molar-refractivity contribution in [2.24, 2.45) is 0 Å². The number of fused-ring (bicyclic) bond motifs is 2. The zero-order chi connectivity index (χ0) is 38.1. The highest BCUT2D eigenvalue weighted by atomic mass is 16.5. The molecule has 1 unspecified atom stereocenters. The van der Waals surface area contributed by atoms with Crippen molar-refractivity contribution in [2.45, 2.75) is 81.1 Å². The van der Waals surface area contributed by atoms with E-state index in [1.807, 2.05) is 24.3 Å². The predicted molar refractivity (Wildman–Crippen MR) is 208 cm³/mol. The summed E-state index contributed by atoms with van der Waals surface area (Å²) in [5, 5.41) is 30.4. The van der Waals surface area contributed by atoms with Crippen molar-refractivity contribution >= 4 is 23.4 Å². The number of ether oxygens (including phenoxy) is 2. The van der Waals surface area contributed by atoms with E-state index in [9.17, 15) is 24.6 Å². The molecule has 55 heavy (non-hydrogen) atoms. The molecule has 11 heteroatoms. The largest absolute Gasteiger partial charge is 0.508 e. The number of nitrogens with zero attached hydrogens (tertiary/aromatic N) is 1. The summed E-state index contributed by atoms with van der Waals surface area (Å²) in [4.78, 5) is 38.8. The van der Waals surface area contributed by atoms with Gasteiger partial charge in [0.2, 0.25) is 11.8 Å². The van der Waals surface area contributed by atoms with Crippen LogP contribution in [0.3, 0.4) is 0 Å². The average molecular weight is 745 g/mol. The Morgan fingerprint density at radius 2 is 1.67 bits per heavy atom. The quantitative estimate of drug-likeness (QED) is 0.0898. The summed E-state index contributed by atoms with van der Waals surface area (Å²) in [5.74, 6) is 1.05. The summed E-state index contributed by atoms with van der Waals surface area (Å²) in [6.07, 6.45) is 4.19. The molecule has 1 saturated heterocycles. The van der Waals surface area contributed by atoms with E-state index in [0.29, 0.717) is 68.3 Å². The van der Waals surface area contributed by atoms with Crippen molar-refractivity contribution < 1.29 is 34.1 Å². The van der Waals surface area contributed by atoms with Gasteiger partial charge >= 0.3 is 0 Å². The Balaban J connectivity index is 0.793. The van der Waals surface area contributed by atoms with Crippen LogP contribution in [0.25, 0.3) is 0 Å². The number of amides is 3. The van der Waals surface area contributed by atoms with Crippen molar-refractivity contribution in [3.63, 3.8) is 0 Å². The molecule has 2 heterocycles. The predicted octanol–water partition coefficient (Wildman–Crippen LogP) is 5.39. The summed E-state index contributed by atoms with van der Waals surface area (Å²) in [7, 11) is 1.52. The number of carbonyl (C=O) groups is 3. The lowest BCUT2D eigenvalue weighted by Gasteiger charge is -2.43. The molecular weight excluding hydrogens is 697 g/mol. The molecule has 11 nitrogen and oxygen atoms in total. The SMILES string of the molecule is COc1cc(NCCNCCC2(O)CC(Oc3ccc([C@@H]4c5ccc(O)cc5CC[C@@H]4c4ccccc4)cc3)C2)cc2c1C(=O)N(C1CCC(=O)NC1=O)C2. The number of carbonyl (C=O) groups excluding carboxylic acids is 3. The number of piperidine rings is 1. The molecule has 4 aliphatic rings. The number of phenols is 1. The van der Waals surface area contributed by atoms with Crippen LogP contribution in [0, 0.1) is 0 Å². The molecule has 3 amide bonds. The van der Waals surface area contributed by atoms with Gasteiger partial charge in [-0.2, -0.15) is 0 Å². The zero-order valence-electron chi connectivity index (χ0n) is 31.1. The van der Waals surface area contributed by atoms with Crippen molar-refractivity contribution in [3.05, 3.63) is 118 Å². The second-order valence-electron chi connectivity index (χ2n) is 15.4. The number of aliphatic hydroxyl groups is 1. The van der Waals surface area contributed by atoms with Crippen LogP contribution in [-0.4, -0.2) is 77.3 Å². The third-order valence-electron chi connectivity index (χ3n) is 11.8. The number of phenolic OH excluding ortho intramolecular Hbond substituents is 1. The van der Waals surface area contributed by atoms with Crippen LogP contribution in [0.1, 0.15) is 88.5 Å². The second kappa shape index (κ2) is 15.4. The van der Waals surface area contributed by atoms with Gasteiger partial charge in [0, 0.05) is 56.6 Å². The molecule has 4 aromatic carbocycles. The van der Waals surface area contributed by atoms with Gasteiger partial charge in [0.1, 0.15) is 29.4 Å². The smallest absolute Gasteiger partial charge is 0.258 e. The first kappa shape index (κ1) is 36.6. The number of benzene rings is 4. The minimum atomic E-state index is -0.764. The lowest BCUT2D eigenvalue weighted by molar-refractivity contribution is -0.136. The number of hydrogen-bond acceptors (Lipinski definition) is 9. The minimum Gasteiger partial charge on any atom is -0.508 e. The molecule has 286 valence electrons. The average Bonchev–Trinajstić information content (AvgIpc) is 3.50. The summed E-state index contributed by atoms with van der Waals surface area (Å²) < 4.78 is 11.9. The number of aromatic hydroxyl groups is 1. The molecule has 0 bridgehead atoms.